The van der Waals surface area contributed by atoms with E-state index in [0.29, 0.717) is 5.69 Å². The monoisotopic (exact) mass is 487 g/mol. The summed E-state index contributed by atoms with van der Waals surface area (Å²) in [7, 11) is -3.27. The van der Waals surface area contributed by atoms with Crippen molar-refractivity contribution in [1.29, 1.82) is 0 Å². The molecule has 2 heterocycles. The summed E-state index contributed by atoms with van der Waals surface area (Å²) in [6.45, 7) is 0. The first-order valence-electron chi connectivity index (χ1n) is 8.07. The maximum atomic E-state index is 13.5. The van der Waals surface area contributed by atoms with Crippen LogP contribution in [0.15, 0.2) is 68.9 Å². The number of nitrogens with one attached hydrogen (secondary N) is 1. The quantitative estimate of drug-likeness (QED) is 0.455. The number of rotatable bonds is 4. The minimum absolute atomic E-state index is 0.261. The summed E-state index contributed by atoms with van der Waals surface area (Å²) in [5.74, 6) is -0.527. The molecule has 0 saturated heterocycles. The van der Waals surface area contributed by atoms with Crippen molar-refractivity contribution < 1.29 is 12.8 Å². The van der Waals surface area contributed by atoms with Crippen LogP contribution in [0.1, 0.15) is 11.1 Å². The van der Waals surface area contributed by atoms with E-state index in [4.69, 9.17) is 3.21 Å². The molecule has 0 atom stereocenters. The molecule has 0 unspecified atom stereocenters. The first-order valence-corrected chi connectivity index (χ1v) is 12.7. The SMILES string of the molecule is CS(=O)(=O)c1cccc(Nc2cc[c]3c(c2)C(c2ccnc(F)c2)=[N][Sn]3)c1. The molecule has 2 radical (unpaired) electrons. The average Bonchev–Trinajstić information content (AvgIpc) is 3.04. The fourth-order valence-corrected chi connectivity index (χ4v) is 6.21. The van der Waals surface area contributed by atoms with Crippen molar-refractivity contribution in [2.45, 2.75) is 4.90 Å². The molecule has 8 heteroatoms. The number of hydrogen-bond acceptors (Lipinski definition) is 5. The second-order valence-electron chi connectivity index (χ2n) is 6.12. The Morgan fingerprint density at radius 2 is 1.85 bits per heavy atom. The van der Waals surface area contributed by atoms with Crippen LogP contribution in [0, 0.1) is 5.95 Å². The molecule has 134 valence electrons. The predicted octanol–water partition coefficient (Wildman–Crippen LogP) is 2.46. The summed E-state index contributed by atoms with van der Waals surface area (Å²) in [5, 5.41) is 3.24. The van der Waals surface area contributed by atoms with Crippen LogP contribution < -0.4 is 8.90 Å². The summed E-state index contributed by atoms with van der Waals surface area (Å²) in [5.41, 5.74) is 4.02. The fraction of sp³-hybridized carbons (Fsp3) is 0.0526. The van der Waals surface area contributed by atoms with Crippen LogP contribution in [0.5, 0.6) is 0 Å². The number of anilines is 2. The van der Waals surface area contributed by atoms with E-state index in [9.17, 15) is 12.8 Å². The first-order chi connectivity index (χ1) is 12.9. The van der Waals surface area contributed by atoms with Gasteiger partial charge in [0, 0.05) is 0 Å². The zero-order valence-electron chi connectivity index (χ0n) is 14.3. The molecule has 27 heavy (non-hydrogen) atoms. The van der Waals surface area contributed by atoms with E-state index in [2.05, 4.69) is 10.3 Å². The molecule has 2 aromatic carbocycles. The van der Waals surface area contributed by atoms with Crippen molar-refractivity contribution in [1.82, 2.24) is 4.98 Å². The summed E-state index contributed by atoms with van der Waals surface area (Å²) >= 11 is -1.08. The number of benzene rings is 2. The number of sulfone groups is 1. The number of pyridine rings is 1. The number of hydrogen-bond donors (Lipinski definition) is 1. The molecule has 1 aromatic heterocycles. The van der Waals surface area contributed by atoms with Crippen LogP contribution in [-0.2, 0) is 9.84 Å². The Labute approximate surface area is 166 Å². The van der Waals surface area contributed by atoms with Crippen molar-refractivity contribution >= 4 is 51.9 Å². The van der Waals surface area contributed by atoms with Crippen LogP contribution in [0.3, 0.4) is 0 Å². The summed E-state index contributed by atoms with van der Waals surface area (Å²) in [6.07, 6.45) is 2.62. The van der Waals surface area contributed by atoms with Gasteiger partial charge in [0.2, 0.25) is 0 Å². The molecule has 0 aliphatic carbocycles. The molecule has 1 N–H and O–H groups in total. The zero-order chi connectivity index (χ0) is 19.0. The van der Waals surface area contributed by atoms with Gasteiger partial charge in [-0.25, -0.2) is 0 Å². The standard InChI is InChI=1S/C19H14FN3O2S.Sn/c1-26(24,25)17-7-3-6-16(12-17)23-15-5-2-4-13(10-15)19(21)14-8-9-22-18(20)11-14;/h2-3,5-12,23H,1H3;/q-1;+1. The van der Waals surface area contributed by atoms with Gasteiger partial charge in [-0.1, -0.05) is 0 Å². The van der Waals surface area contributed by atoms with Crippen molar-refractivity contribution in [3.63, 3.8) is 0 Å². The van der Waals surface area contributed by atoms with Gasteiger partial charge in [-0.05, 0) is 0 Å². The molecular weight excluding hydrogens is 472 g/mol. The minimum atomic E-state index is -3.27. The van der Waals surface area contributed by atoms with Gasteiger partial charge in [-0.3, -0.25) is 0 Å². The van der Waals surface area contributed by atoms with Gasteiger partial charge in [-0.2, -0.15) is 0 Å². The molecule has 0 saturated carbocycles. The summed E-state index contributed by atoms with van der Waals surface area (Å²) in [6, 6.07) is 15.8. The number of aromatic nitrogens is 1. The first kappa shape index (κ1) is 18.1. The average molecular weight is 486 g/mol. The van der Waals surface area contributed by atoms with E-state index in [1.165, 1.54) is 22.1 Å². The van der Waals surface area contributed by atoms with Crippen molar-refractivity contribution in [2.75, 3.05) is 11.6 Å². The van der Waals surface area contributed by atoms with Crippen molar-refractivity contribution in [3.8, 4) is 0 Å². The molecule has 0 fully saturated rings. The molecule has 4 rings (SSSR count). The van der Waals surface area contributed by atoms with Gasteiger partial charge >= 0.3 is 167 Å². The molecule has 5 nitrogen and oxygen atoms in total. The van der Waals surface area contributed by atoms with E-state index in [1.807, 2.05) is 24.3 Å². The van der Waals surface area contributed by atoms with E-state index in [-0.39, 0.29) is 4.90 Å². The van der Waals surface area contributed by atoms with Gasteiger partial charge in [0.1, 0.15) is 0 Å². The third-order valence-corrected chi connectivity index (χ3v) is 8.11. The fourth-order valence-electron chi connectivity index (χ4n) is 2.83. The number of fused-ring (bicyclic) bond motifs is 1. The Bertz CT molecular complexity index is 1180. The van der Waals surface area contributed by atoms with Crippen LogP contribution in [0.25, 0.3) is 0 Å². The third-order valence-electron chi connectivity index (χ3n) is 4.11. The second-order valence-corrected chi connectivity index (χ2v) is 11.0. The Hall–Kier alpha value is -2.26. The molecule has 1 aliphatic heterocycles. The summed E-state index contributed by atoms with van der Waals surface area (Å²) in [4.78, 5) is 3.86. The Morgan fingerprint density at radius 1 is 1.04 bits per heavy atom. The van der Waals surface area contributed by atoms with Crippen LogP contribution in [-0.4, -0.2) is 46.8 Å². The normalized spacial score (nSPS) is 13.2. The van der Waals surface area contributed by atoms with E-state index < -0.39 is 37.2 Å². The zero-order valence-corrected chi connectivity index (χ0v) is 17.9. The Kier molecular flexibility index (Phi) is 4.73. The third kappa shape index (κ3) is 3.88. The Morgan fingerprint density at radius 3 is 2.63 bits per heavy atom. The van der Waals surface area contributed by atoms with Gasteiger partial charge in [0.25, 0.3) is 0 Å². The van der Waals surface area contributed by atoms with Gasteiger partial charge < -0.3 is 0 Å². The molecular formula is C19H14FN3O2SSn. The van der Waals surface area contributed by atoms with E-state index >= 15 is 0 Å². The van der Waals surface area contributed by atoms with Crippen molar-refractivity contribution in [2.24, 2.45) is 3.21 Å². The summed E-state index contributed by atoms with van der Waals surface area (Å²) < 4.78 is 42.9. The van der Waals surface area contributed by atoms with Gasteiger partial charge in [-0.15, -0.1) is 0 Å². The Balaban J connectivity index is 1.66. The predicted molar refractivity (Wildman–Crippen MR) is 104 cm³/mol. The molecule has 1 aliphatic rings. The van der Waals surface area contributed by atoms with Crippen LogP contribution in [0.4, 0.5) is 15.8 Å². The molecule has 0 spiro atoms. The number of halogens is 1. The van der Waals surface area contributed by atoms with E-state index in [0.717, 1.165) is 22.5 Å². The van der Waals surface area contributed by atoms with Gasteiger partial charge in [0.15, 0.2) is 0 Å². The van der Waals surface area contributed by atoms with Crippen molar-refractivity contribution in [3.05, 3.63) is 77.9 Å². The molecule has 3 aromatic rings. The van der Waals surface area contributed by atoms with Gasteiger partial charge in [0.05, 0.1) is 0 Å². The van der Waals surface area contributed by atoms with Crippen LogP contribution in [0.2, 0.25) is 0 Å². The van der Waals surface area contributed by atoms with E-state index in [1.54, 1.807) is 24.3 Å². The second kappa shape index (κ2) is 7.05. The number of nitrogens with zero attached hydrogens (tertiary/aromatic N) is 2. The molecule has 0 bridgehead atoms. The molecule has 0 amide bonds. The van der Waals surface area contributed by atoms with Crippen LogP contribution >= 0.6 is 0 Å². The topological polar surface area (TPSA) is 71.4 Å². The maximum absolute atomic E-state index is 13.5.